The van der Waals surface area contributed by atoms with Gasteiger partial charge in [0, 0.05) is 9.50 Å². The van der Waals surface area contributed by atoms with Gasteiger partial charge in [-0.2, -0.15) is 0 Å². The molecule has 0 aromatic heterocycles. The minimum atomic E-state index is -0.329. The molecule has 5 nitrogen and oxygen atoms in total. The lowest BCUT2D eigenvalue weighted by molar-refractivity contribution is -0.123. The number of rotatable bonds is 6. The molecule has 2 aromatic carbocycles. The Balaban J connectivity index is 1.86. The van der Waals surface area contributed by atoms with E-state index in [-0.39, 0.29) is 17.7 Å². The predicted molar refractivity (Wildman–Crippen MR) is 115 cm³/mol. The second-order valence-electron chi connectivity index (χ2n) is 5.85. The smallest absolute Gasteiger partial charge is 0.293 e. The van der Waals surface area contributed by atoms with E-state index in [1.807, 2.05) is 6.92 Å². The lowest BCUT2D eigenvalue weighted by Crippen LogP contribution is -2.27. The quantitative estimate of drug-likeness (QED) is 0.491. The first-order valence-electron chi connectivity index (χ1n) is 8.43. The molecule has 1 aliphatic heterocycles. The normalized spacial score (nSPS) is 15.4. The third-order valence-electron chi connectivity index (χ3n) is 4.00. The van der Waals surface area contributed by atoms with Gasteiger partial charge < -0.3 is 9.47 Å². The number of carbonyl (C=O) groups is 2. The van der Waals surface area contributed by atoms with E-state index in [9.17, 15) is 9.59 Å². The Bertz CT molecular complexity index is 946. The highest BCUT2D eigenvalue weighted by atomic mass is 79.9. The van der Waals surface area contributed by atoms with Crippen LogP contribution >= 0.6 is 39.3 Å². The highest BCUT2D eigenvalue weighted by Gasteiger charge is 2.35. The number of ether oxygens (including phenoxy) is 2. The van der Waals surface area contributed by atoms with Gasteiger partial charge in [0.2, 0.25) is 0 Å². The lowest BCUT2D eigenvalue weighted by atomic mass is 10.1. The standard InChI is InChI=1S/C20H17BrClNO4S/c1-3-27-17-10-15(21)13(8-16(17)26-2)9-18-19(24)23(20(25)28-18)11-12-4-6-14(22)7-5-12/h4-10H,3,11H2,1-2H3/b18-9-. The Hall–Kier alpha value is -1.96. The topological polar surface area (TPSA) is 55.8 Å². The summed E-state index contributed by atoms with van der Waals surface area (Å²) in [6.45, 7) is 2.59. The number of amides is 2. The van der Waals surface area contributed by atoms with Crippen LogP contribution < -0.4 is 9.47 Å². The fourth-order valence-corrected chi connectivity index (χ4v) is 4.03. The van der Waals surface area contributed by atoms with Crippen LogP contribution in [-0.4, -0.2) is 29.8 Å². The summed E-state index contributed by atoms with van der Waals surface area (Å²) < 4.78 is 11.6. The molecule has 8 heteroatoms. The molecule has 0 N–H and O–H groups in total. The van der Waals surface area contributed by atoms with Gasteiger partial charge in [0.15, 0.2) is 11.5 Å². The summed E-state index contributed by atoms with van der Waals surface area (Å²) in [6, 6.07) is 10.6. The highest BCUT2D eigenvalue weighted by molar-refractivity contribution is 9.10. The zero-order valence-electron chi connectivity index (χ0n) is 15.2. The van der Waals surface area contributed by atoms with Crippen LogP contribution in [0.4, 0.5) is 4.79 Å². The Kier molecular flexibility index (Phi) is 6.69. The van der Waals surface area contributed by atoms with Crippen molar-refractivity contribution < 1.29 is 19.1 Å². The minimum Gasteiger partial charge on any atom is -0.493 e. The summed E-state index contributed by atoms with van der Waals surface area (Å²) in [7, 11) is 1.55. The number of methoxy groups -OCH3 is 1. The van der Waals surface area contributed by atoms with E-state index in [0.717, 1.165) is 27.4 Å². The summed E-state index contributed by atoms with van der Waals surface area (Å²) >= 11 is 10.3. The van der Waals surface area contributed by atoms with Crippen molar-refractivity contribution in [2.24, 2.45) is 0 Å². The van der Waals surface area contributed by atoms with Crippen LogP contribution in [-0.2, 0) is 11.3 Å². The average Bonchev–Trinajstić information content (AvgIpc) is 2.93. The van der Waals surface area contributed by atoms with Crippen LogP contribution in [0, 0.1) is 0 Å². The van der Waals surface area contributed by atoms with Crippen LogP contribution in [0.15, 0.2) is 45.8 Å². The van der Waals surface area contributed by atoms with Crippen molar-refractivity contribution in [3.63, 3.8) is 0 Å². The molecule has 2 amide bonds. The van der Waals surface area contributed by atoms with Crippen LogP contribution in [0.2, 0.25) is 5.02 Å². The molecule has 3 rings (SSSR count). The van der Waals surface area contributed by atoms with Gasteiger partial charge in [-0.15, -0.1) is 0 Å². The summed E-state index contributed by atoms with van der Waals surface area (Å²) in [4.78, 5) is 26.7. The van der Waals surface area contributed by atoms with Crippen molar-refractivity contribution in [2.75, 3.05) is 13.7 Å². The van der Waals surface area contributed by atoms with Crippen molar-refractivity contribution >= 4 is 56.5 Å². The van der Waals surface area contributed by atoms with Gasteiger partial charge in [0.25, 0.3) is 11.1 Å². The molecule has 28 heavy (non-hydrogen) atoms. The van der Waals surface area contributed by atoms with Crippen molar-refractivity contribution in [3.05, 3.63) is 61.9 Å². The minimum absolute atomic E-state index is 0.201. The third-order valence-corrected chi connectivity index (χ3v) is 5.84. The first-order valence-corrected chi connectivity index (χ1v) is 10.4. The van der Waals surface area contributed by atoms with E-state index in [1.165, 1.54) is 4.90 Å². The second kappa shape index (κ2) is 9.03. The molecule has 1 fully saturated rings. The second-order valence-corrected chi connectivity index (χ2v) is 8.14. The van der Waals surface area contributed by atoms with E-state index in [0.29, 0.717) is 28.0 Å². The molecule has 1 aliphatic rings. The number of thioether (sulfide) groups is 1. The number of hydrogen-bond donors (Lipinski definition) is 0. The SMILES string of the molecule is CCOc1cc(Br)c(/C=C2\SC(=O)N(Cc3ccc(Cl)cc3)C2=O)cc1OC. The Morgan fingerprint density at radius 3 is 2.54 bits per heavy atom. The van der Waals surface area contributed by atoms with Gasteiger partial charge in [-0.25, -0.2) is 0 Å². The summed E-state index contributed by atoms with van der Waals surface area (Å²) in [5, 5.41) is 0.298. The van der Waals surface area contributed by atoms with Gasteiger partial charge in [-0.1, -0.05) is 39.7 Å². The van der Waals surface area contributed by atoms with Gasteiger partial charge in [-0.05, 0) is 60.2 Å². The Morgan fingerprint density at radius 2 is 1.89 bits per heavy atom. The van der Waals surface area contributed by atoms with Crippen LogP contribution in [0.3, 0.4) is 0 Å². The molecule has 146 valence electrons. The maximum atomic E-state index is 12.7. The van der Waals surface area contributed by atoms with Crippen molar-refractivity contribution in [1.82, 2.24) is 4.90 Å². The fourth-order valence-electron chi connectivity index (χ4n) is 2.64. The molecule has 0 radical (unpaired) electrons. The molecule has 1 heterocycles. The predicted octanol–water partition coefficient (Wildman–Crippen LogP) is 5.75. The number of hydrogen-bond acceptors (Lipinski definition) is 5. The van der Waals surface area contributed by atoms with Gasteiger partial charge in [-0.3, -0.25) is 14.5 Å². The first kappa shape index (κ1) is 20.8. The molecular formula is C20H17BrClNO4S. The fraction of sp³-hybridized carbons (Fsp3) is 0.200. The maximum Gasteiger partial charge on any atom is 0.293 e. The molecule has 0 atom stereocenters. The van der Waals surface area contributed by atoms with Gasteiger partial charge in [0.05, 0.1) is 25.2 Å². The van der Waals surface area contributed by atoms with E-state index < -0.39 is 0 Å². The summed E-state index contributed by atoms with van der Waals surface area (Å²) in [5.41, 5.74) is 1.55. The van der Waals surface area contributed by atoms with E-state index in [1.54, 1.807) is 49.6 Å². The molecular weight excluding hydrogens is 466 g/mol. The Labute approximate surface area is 180 Å². The highest BCUT2D eigenvalue weighted by Crippen LogP contribution is 2.38. The van der Waals surface area contributed by atoms with Gasteiger partial charge >= 0.3 is 0 Å². The lowest BCUT2D eigenvalue weighted by Gasteiger charge is -2.13. The van der Waals surface area contributed by atoms with Crippen LogP contribution in [0.25, 0.3) is 6.08 Å². The third kappa shape index (κ3) is 4.54. The number of carbonyl (C=O) groups excluding carboxylic acids is 2. The Morgan fingerprint density at radius 1 is 1.18 bits per heavy atom. The van der Waals surface area contributed by atoms with E-state index in [2.05, 4.69) is 15.9 Å². The average molecular weight is 483 g/mol. The van der Waals surface area contributed by atoms with Crippen LogP contribution in [0.1, 0.15) is 18.1 Å². The zero-order chi connectivity index (χ0) is 20.3. The van der Waals surface area contributed by atoms with Crippen molar-refractivity contribution in [2.45, 2.75) is 13.5 Å². The number of halogens is 2. The number of imide groups is 1. The molecule has 2 aromatic rings. The van der Waals surface area contributed by atoms with Crippen molar-refractivity contribution in [1.29, 1.82) is 0 Å². The van der Waals surface area contributed by atoms with Crippen molar-refractivity contribution in [3.8, 4) is 11.5 Å². The number of benzene rings is 2. The summed E-state index contributed by atoms with van der Waals surface area (Å²) in [6.07, 6.45) is 1.68. The molecule has 0 unspecified atom stereocenters. The molecule has 0 bridgehead atoms. The van der Waals surface area contributed by atoms with E-state index in [4.69, 9.17) is 21.1 Å². The monoisotopic (exact) mass is 481 g/mol. The molecule has 0 aliphatic carbocycles. The summed E-state index contributed by atoms with van der Waals surface area (Å²) in [5.74, 6) is 0.825. The molecule has 0 saturated carbocycles. The number of nitrogens with zero attached hydrogens (tertiary/aromatic N) is 1. The molecule has 1 saturated heterocycles. The van der Waals surface area contributed by atoms with Crippen LogP contribution in [0.5, 0.6) is 11.5 Å². The van der Waals surface area contributed by atoms with Gasteiger partial charge in [0.1, 0.15) is 0 Å². The maximum absolute atomic E-state index is 12.7. The molecule has 0 spiro atoms. The zero-order valence-corrected chi connectivity index (χ0v) is 18.4. The largest absolute Gasteiger partial charge is 0.493 e. The first-order chi connectivity index (χ1) is 13.4. The van der Waals surface area contributed by atoms with E-state index >= 15 is 0 Å².